The van der Waals surface area contributed by atoms with E-state index in [9.17, 15) is 9.59 Å². The molecule has 2 N–H and O–H groups in total. The topological polar surface area (TPSA) is 84.9 Å². The molecule has 1 amide bonds. The van der Waals surface area contributed by atoms with E-state index in [-0.39, 0.29) is 11.5 Å². The molecule has 0 unspecified atom stereocenters. The van der Waals surface area contributed by atoms with Gasteiger partial charge in [0, 0.05) is 24.5 Å². The molecule has 6 heteroatoms. The summed E-state index contributed by atoms with van der Waals surface area (Å²) in [5, 5.41) is 11.7. The van der Waals surface area contributed by atoms with Crippen LogP contribution in [0.25, 0.3) is 0 Å². The third-order valence-electron chi connectivity index (χ3n) is 4.33. The molecular weight excluding hydrogens is 334 g/mol. The van der Waals surface area contributed by atoms with Gasteiger partial charge >= 0.3 is 5.97 Å². The van der Waals surface area contributed by atoms with Gasteiger partial charge in [-0.05, 0) is 67.3 Å². The van der Waals surface area contributed by atoms with E-state index < -0.39 is 5.97 Å². The van der Waals surface area contributed by atoms with Crippen molar-refractivity contribution >= 4 is 17.6 Å². The van der Waals surface area contributed by atoms with E-state index in [0.29, 0.717) is 23.8 Å². The molecule has 1 aliphatic heterocycles. The Hall–Kier alpha value is -2.86. The molecule has 1 aliphatic rings. The van der Waals surface area contributed by atoms with E-state index in [1.165, 1.54) is 24.3 Å². The zero-order valence-corrected chi connectivity index (χ0v) is 14.3. The summed E-state index contributed by atoms with van der Waals surface area (Å²) in [6.45, 7) is 2.27. The highest BCUT2D eigenvalue weighted by molar-refractivity contribution is 6.04. The Morgan fingerprint density at radius 2 is 1.62 bits per heavy atom. The van der Waals surface area contributed by atoms with Crippen molar-refractivity contribution < 1.29 is 24.2 Å². The summed E-state index contributed by atoms with van der Waals surface area (Å²) in [5.74, 6) is -0.0247. The largest absolute Gasteiger partial charge is 0.493 e. The van der Waals surface area contributed by atoms with Gasteiger partial charge in [-0.2, -0.15) is 0 Å². The van der Waals surface area contributed by atoms with Gasteiger partial charge in [0.2, 0.25) is 0 Å². The second-order valence-corrected chi connectivity index (χ2v) is 6.23. The molecule has 136 valence electrons. The van der Waals surface area contributed by atoms with Crippen LogP contribution in [0, 0.1) is 5.92 Å². The minimum absolute atomic E-state index is 0.146. The molecule has 1 fully saturated rings. The number of carboxylic acids is 1. The number of hydrogen-bond donors (Lipinski definition) is 2. The monoisotopic (exact) mass is 355 g/mol. The average Bonchev–Trinajstić information content (AvgIpc) is 2.68. The number of anilines is 1. The number of carboxylic acid groups (broad SMARTS) is 1. The summed E-state index contributed by atoms with van der Waals surface area (Å²) in [7, 11) is 0. The zero-order chi connectivity index (χ0) is 18.4. The van der Waals surface area contributed by atoms with Crippen molar-refractivity contribution in [2.45, 2.75) is 12.8 Å². The molecule has 1 heterocycles. The first-order chi connectivity index (χ1) is 12.6. The maximum absolute atomic E-state index is 12.2. The minimum atomic E-state index is -1.02. The number of ether oxygens (including phenoxy) is 2. The number of rotatable bonds is 6. The van der Waals surface area contributed by atoms with Crippen LogP contribution < -0.4 is 10.1 Å². The highest BCUT2D eigenvalue weighted by Crippen LogP contribution is 2.20. The molecule has 0 aliphatic carbocycles. The molecule has 2 aromatic rings. The van der Waals surface area contributed by atoms with Gasteiger partial charge in [-0.15, -0.1) is 0 Å². The predicted molar refractivity (Wildman–Crippen MR) is 96.8 cm³/mol. The van der Waals surface area contributed by atoms with Crippen LogP contribution in [-0.4, -0.2) is 36.8 Å². The minimum Gasteiger partial charge on any atom is -0.493 e. The molecule has 0 bridgehead atoms. The van der Waals surface area contributed by atoms with Gasteiger partial charge in [0.05, 0.1) is 12.2 Å². The smallest absolute Gasteiger partial charge is 0.335 e. The van der Waals surface area contributed by atoms with Crippen LogP contribution in [0.1, 0.15) is 33.6 Å². The summed E-state index contributed by atoms with van der Waals surface area (Å²) in [4.78, 5) is 23.1. The van der Waals surface area contributed by atoms with Gasteiger partial charge in [-0.25, -0.2) is 4.79 Å². The molecule has 2 aromatic carbocycles. The molecule has 6 nitrogen and oxygen atoms in total. The molecule has 0 aromatic heterocycles. The Labute approximate surface area is 151 Å². The second kappa shape index (κ2) is 8.49. The summed E-state index contributed by atoms with van der Waals surface area (Å²) in [5.41, 5.74) is 1.19. The van der Waals surface area contributed by atoms with Crippen molar-refractivity contribution in [3.63, 3.8) is 0 Å². The van der Waals surface area contributed by atoms with Crippen molar-refractivity contribution in [1.29, 1.82) is 0 Å². The summed E-state index contributed by atoms with van der Waals surface area (Å²) >= 11 is 0. The number of carbonyl (C=O) groups excluding carboxylic acids is 1. The van der Waals surface area contributed by atoms with Crippen LogP contribution in [0.15, 0.2) is 48.5 Å². The van der Waals surface area contributed by atoms with Crippen molar-refractivity contribution in [3.05, 3.63) is 59.7 Å². The molecule has 0 spiro atoms. The van der Waals surface area contributed by atoms with Crippen molar-refractivity contribution in [1.82, 2.24) is 0 Å². The Morgan fingerprint density at radius 3 is 2.23 bits per heavy atom. The van der Waals surface area contributed by atoms with Crippen LogP contribution in [0.5, 0.6) is 5.75 Å². The number of aromatic carboxylic acids is 1. The van der Waals surface area contributed by atoms with Gasteiger partial charge in [-0.3, -0.25) is 4.79 Å². The lowest BCUT2D eigenvalue weighted by atomic mass is 10.0. The maximum Gasteiger partial charge on any atom is 0.335 e. The van der Waals surface area contributed by atoms with E-state index in [4.69, 9.17) is 14.6 Å². The van der Waals surface area contributed by atoms with E-state index in [1.54, 1.807) is 12.1 Å². The lowest BCUT2D eigenvalue weighted by Gasteiger charge is -2.22. The summed E-state index contributed by atoms with van der Waals surface area (Å²) < 4.78 is 11.1. The van der Waals surface area contributed by atoms with Crippen molar-refractivity contribution in [2.75, 3.05) is 25.1 Å². The van der Waals surface area contributed by atoms with Crippen LogP contribution in [-0.2, 0) is 4.74 Å². The third kappa shape index (κ3) is 4.83. The van der Waals surface area contributed by atoms with Crippen molar-refractivity contribution in [2.24, 2.45) is 5.92 Å². The number of carbonyl (C=O) groups is 2. The van der Waals surface area contributed by atoms with Crippen molar-refractivity contribution in [3.8, 4) is 5.75 Å². The Morgan fingerprint density at radius 1 is 1.00 bits per heavy atom. The number of benzene rings is 2. The summed E-state index contributed by atoms with van der Waals surface area (Å²) in [6, 6.07) is 13.0. The van der Waals surface area contributed by atoms with Gasteiger partial charge in [0.25, 0.3) is 5.91 Å². The fraction of sp³-hybridized carbons (Fsp3) is 0.300. The molecule has 1 saturated heterocycles. The summed E-state index contributed by atoms with van der Waals surface area (Å²) in [6.07, 6.45) is 2.05. The lowest BCUT2D eigenvalue weighted by molar-refractivity contribution is 0.0497. The quantitative estimate of drug-likeness (QED) is 0.829. The SMILES string of the molecule is O=C(O)c1ccc(C(=O)Nc2ccc(OCC3CCOCC3)cc2)cc1. The first kappa shape index (κ1) is 17.9. The molecular formula is C20H21NO5. The number of hydrogen-bond acceptors (Lipinski definition) is 4. The molecule has 0 radical (unpaired) electrons. The normalized spacial score (nSPS) is 14.6. The van der Waals surface area contributed by atoms with Crippen LogP contribution in [0.2, 0.25) is 0 Å². The maximum atomic E-state index is 12.2. The highest BCUT2D eigenvalue weighted by atomic mass is 16.5. The fourth-order valence-corrected chi connectivity index (χ4v) is 2.73. The highest BCUT2D eigenvalue weighted by Gasteiger charge is 2.14. The van der Waals surface area contributed by atoms with Gasteiger partial charge < -0.3 is 19.9 Å². The number of nitrogens with one attached hydrogen (secondary N) is 1. The Balaban J connectivity index is 1.53. The average molecular weight is 355 g/mol. The second-order valence-electron chi connectivity index (χ2n) is 6.23. The first-order valence-electron chi connectivity index (χ1n) is 8.57. The Kier molecular flexibility index (Phi) is 5.86. The van der Waals surface area contributed by atoms with Gasteiger partial charge in [0.15, 0.2) is 0 Å². The van der Waals surface area contributed by atoms with E-state index >= 15 is 0 Å². The van der Waals surface area contributed by atoms with Crippen LogP contribution >= 0.6 is 0 Å². The third-order valence-corrected chi connectivity index (χ3v) is 4.33. The van der Waals surface area contributed by atoms with E-state index in [0.717, 1.165) is 31.8 Å². The van der Waals surface area contributed by atoms with Gasteiger partial charge in [0.1, 0.15) is 5.75 Å². The van der Waals surface area contributed by atoms with Gasteiger partial charge in [-0.1, -0.05) is 0 Å². The lowest BCUT2D eigenvalue weighted by Crippen LogP contribution is -2.21. The Bertz CT molecular complexity index is 749. The van der Waals surface area contributed by atoms with E-state index in [2.05, 4.69) is 5.32 Å². The standard InChI is InChI=1S/C20H21NO5/c22-19(15-1-3-16(4-2-15)20(23)24)21-17-5-7-18(8-6-17)26-13-14-9-11-25-12-10-14/h1-8,14H,9-13H2,(H,21,22)(H,23,24). The first-order valence-corrected chi connectivity index (χ1v) is 8.57. The predicted octanol–water partition coefficient (Wildman–Crippen LogP) is 3.44. The molecule has 3 rings (SSSR count). The van der Waals surface area contributed by atoms with Crippen LogP contribution in [0.3, 0.4) is 0 Å². The molecule has 0 atom stereocenters. The zero-order valence-electron chi connectivity index (χ0n) is 14.3. The fourth-order valence-electron chi connectivity index (χ4n) is 2.73. The molecule has 0 saturated carbocycles. The van der Waals surface area contributed by atoms with Crippen LogP contribution in [0.4, 0.5) is 5.69 Å². The van der Waals surface area contributed by atoms with E-state index in [1.807, 2.05) is 12.1 Å². The molecule has 26 heavy (non-hydrogen) atoms. The number of amides is 1.